The van der Waals surface area contributed by atoms with E-state index < -0.39 is 0 Å². The molecule has 1 atom stereocenters. The van der Waals surface area contributed by atoms with Crippen molar-refractivity contribution in [2.75, 3.05) is 25.4 Å². The lowest BCUT2D eigenvalue weighted by Gasteiger charge is -2.33. The molecule has 1 fully saturated rings. The molecule has 0 aliphatic carbocycles. The highest BCUT2D eigenvalue weighted by molar-refractivity contribution is 5.85. The van der Waals surface area contributed by atoms with Crippen LogP contribution in [0.1, 0.15) is 17.7 Å². The highest BCUT2D eigenvalue weighted by Crippen LogP contribution is 2.37. The zero-order valence-corrected chi connectivity index (χ0v) is 13.3. The summed E-state index contributed by atoms with van der Waals surface area (Å²) in [4.78, 5) is 4.08. The molecule has 120 valence electrons. The molecule has 0 unspecified atom stereocenters. The molecule has 2 aliphatic rings. The van der Waals surface area contributed by atoms with Crippen molar-refractivity contribution in [2.24, 2.45) is 0 Å². The van der Waals surface area contributed by atoms with E-state index in [1.807, 2.05) is 10.7 Å². The van der Waals surface area contributed by atoms with Gasteiger partial charge in [0.1, 0.15) is 17.5 Å². The number of nitrogens with one attached hydrogen (secondary N) is 1. The molecule has 7 nitrogen and oxygen atoms in total. The zero-order valence-electron chi connectivity index (χ0n) is 12.5. The first-order valence-corrected chi connectivity index (χ1v) is 7.31. The van der Waals surface area contributed by atoms with Gasteiger partial charge < -0.3 is 15.8 Å². The Morgan fingerprint density at radius 3 is 3.04 bits per heavy atom. The van der Waals surface area contributed by atoms with Crippen molar-refractivity contribution in [1.29, 1.82) is 5.26 Å². The van der Waals surface area contributed by atoms with Crippen LogP contribution in [0.25, 0.3) is 11.3 Å². The molecule has 4 heterocycles. The molecule has 8 heteroatoms. The maximum absolute atomic E-state index is 9.10. The summed E-state index contributed by atoms with van der Waals surface area (Å²) in [5, 5.41) is 17.1. The van der Waals surface area contributed by atoms with E-state index in [2.05, 4.69) is 21.5 Å². The number of hydrogen-bond acceptors (Lipinski definition) is 6. The molecule has 23 heavy (non-hydrogen) atoms. The molecular formula is C15H17ClN6O. The van der Waals surface area contributed by atoms with E-state index in [1.165, 1.54) is 0 Å². The molecule has 0 aromatic carbocycles. The summed E-state index contributed by atoms with van der Waals surface area (Å²) in [6.45, 7) is 3.16. The van der Waals surface area contributed by atoms with Crippen LogP contribution in [0.15, 0.2) is 18.3 Å². The summed E-state index contributed by atoms with van der Waals surface area (Å²) in [6, 6.07) is 5.83. The van der Waals surface area contributed by atoms with Gasteiger partial charge in [-0.1, -0.05) is 0 Å². The fourth-order valence-corrected chi connectivity index (χ4v) is 3.21. The van der Waals surface area contributed by atoms with E-state index in [1.54, 1.807) is 12.3 Å². The third-order valence-electron chi connectivity index (χ3n) is 4.38. The third-order valence-corrected chi connectivity index (χ3v) is 4.38. The Hall–Kier alpha value is -2.14. The van der Waals surface area contributed by atoms with Crippen molar-refractivity contribution >= 4 is 18.2 Å². The molecule has 0 saturated carbocycles. The van der Waals surface area contributed by atoms with E-state index in [4.69, 9.17) is 15.7 Å². The van der Waals surface area contributed by atoms with E-state index in [-0.39, 0.29) is 23.8 Å². The summed E-state index contributed by atoms with van der Waals surface area (Å²) in [5.74, 6) is 0.245. The molecule has 4 rings (SSSR count). The van der Waals surface area contributed by atoms with Gasteiger partial charge in [0, 0.05) is 18.3 Å². The van der Waals surface area contributed by atoms with Gasteiger partial charge in [0.05, 0.1) is 30.1 Å². The van der Waals surface area contributed by atoms with Crippen LogP contribution >= 0.6 is 12.4 Å². The molecule has 0 amide bonds. The van der Waals surface area contributed by atoms with Crippen LogP contribution in [-0.4, -0.2) is 34.5 Å². The quantitative estimate of drug-likeness (QED) is 0.809. The van der Waals surface area contributed by atoms with Crippen LogP contribution in [0.4, 0.5) is 5.82 Å². The highest BCUT2D eigenvalue weighted by Gasteiger charge is 2.42. The number of nitrogen functional groups attached to an aromatic ring is 1. The number of halogens is 1. The van der Waals surface area contributed by atoms with Crippen LogP contribution in [0.3, 0.4) is 0 Å². The number of anilines is 1. The Balaban J connectivity index is 0.00000156. The number of aromatic nitrogens is 3. The van der Waals surface area contributed by atoms with Crippen molar-refractivity contribution in [3.63, 3.8) is 0 Å². The van der Waals surface area contributed by atoms with Gasteiger partial charge in [-0.25, -0.2) is 4.98 Å². The van der Waals surface area contributed by atoms with Crippen molar-refractivity contribution in [3.05, 3.63) is 29.6 Å². The van der Waals surface area contributed by atoms with Gasteiger partial charge in [-0.3, -0.25) is 4.68 Å². The predicted molar refractivity (Wildman–Crippen MR) is 87.0 cm³/mol. The molecule has 0 bridgehead atoms. The van der Waals surface area contributed by atoms with E-state index in [0.29, 0.717) is 12.2 Å². The topological polar surface area (TPSA) is 102 Å². The minimum absolute atomic E-state index is 0. The van der Waals surface area contributed by atoms with Crippen LogP contribution in [0.5, 0.6) is 0 Å². The first-order chi connectivity index (χ1) is 10.7. The number of pyridine rings is 1. The average Bonchev–Trinajstić information content (AvgIpc) is 3.16. The van der Waals surface area contributed by atoms with Gasteiger partial charge in [0.15, 0.2) is 0 Å². The first-order valence-electron chi connectivity index (χ1n) is 7.31. The van der Waals surface area contributed by atoms with E-state index in [0.717, 1.165) is 43.0 Å². The van der Waals surface area contributed by atoms with Crippen LogP contribution < -0.4 is 11.1 Å². The number of nitrogens with zero attached hydrogens (tertiary/aromatic N) is 4. The summed E-state index contributed by atoms with van der Waals surface area (Å²) < 4.78 is 8.06. The van der Waals surface area contributed by atoms with Gasteiger partial charge >= 0.3 is 0 Å². The van der Waals surface area contributed by atoms with Crippen LogP contribution in [0, 0.1) is 11.3 Å². The van der Waals surface area contributed by atoms with Gasteiger partial charge in [0.25, 0.3) is 0 Å². The number of nitrogens with two attached hydrogens (primary N) is 1. The monoisotopic (exact) mass is 332 g/mol. The molecule has 2 aliphatic heterocycles. The number of nitriles is 1. The Bertz CT molecular complexity index is 775. The lowest BCUT2D eigenvalue weighted by atomic mass is 9.96. The number of rotatable bonds is 1. The minimum atomic E-state index is -0.275. The first kappa shape index (κ1) is 15.7. The SMILES string of the molecule is Cl.N#Cc1cc(-c2cc3n(n2)CCO[C@@]32CCNC2)cnc1N. The summed E-state index contributed by atoms with van der Waals surface area (Å²) >= 11 is 0. The van der Waals surface area contributed by atoms with Gasteiger partial charge in [-0.15, -0.1) is 12.4 Å². The zero-order chi connectivity index (χ0) is 15.2. The number of hydrogen-bond donors (Lipinski definition) is 2. The highest BCUT2D eigenvalue weighted by atomic mass is 35.5. The second kappa shape index (κ2) is 5.81. The normalized spacial score (nSPS) is 22.4. The van der Waals surface area contributed by atoms with Gasteiger partial charge in [-0.2, -0.15) is 10.4 Å². The Kier molecular flexibility index (Phi) is 3.98. The molecule has 2 aromatic heterocycles. The molecule has 3 N–H and O–H groups in total. The Labute approximate surface area is 139 Å². The predicted octanol–water partition coefficient (Wildman–Crippen LogP) is 1.04. The second-order valence-corrected chi connectivity index (χ2v) is 5.68. The molecule has 2 aromatic rings. The molecular weight excluding hydrogens is 316 g/mol. The fourth-order valence-electron chi connectivity index (χ4n) is 3.21. The Morgan fingerprint density at radius 1 is 1.43 bits per heavy atom. The summed E-state index contributed by atoms with van der Waals surface area (Å²) in [5.41, 5.74) is 8.47. The van der Waals surface area contributed by atoms with E-state index >= 15 is 0 Å². The largest absolute Gasteiger partial charge is 0.383 e. The van der Waals surface area contributed by atoms with Gasteiger partial charge in [-0.05, 0) is 25.1 Å². The average molecular weight is 333 g/mol. The van der Waals surface area contributed by atoms with Crippen molar-refractivity contribution < 1.29 is 4.74 Å². The van der Waals surface area contributed by atoms with Crippen LogP contribution in [-0.2, 0) is 16.9 Å². The van der Waals surface area contributed by atoms with Crippen molar-refractivity contribution in [1.82, 2.24) is 20.1 Å². The second-order valence-electron chi connectivity index (χ2n) is 5.68. The standard InChI is InChI=1S/C15H16N6O.ClH/c16-7-10-5-11(8-19-14(10)17)12-6-13-15(1-2-18-9-15)22-4-3-21(13)20-12;/h5-6,8,18H,1-4,9H2,(H2,17,19);1H/t15-;/m1./s1. The molecule has 1 spiro atoms. The molecule has 0 radical (unpaired) electrons. The van der Waals surface area contributed by atoms with Crippen LogP contribution in [0.2, 0.25) is 0 Å². The fraction of sp³-hybridized carbons (Fsp3) is 0.400. The van der Waals surface area contributed by atoms with Crippen molar-refractivity contribution in [2.45, 2.75) is 18.6 Å². The third kappa shape index (κ3) is 2.45. The lowest BCUT2D eigenvalue weighted by Crippen LogP contribution is -2.40. The maximum Gasteiger partial charge on any atom is 0.141 e. The minimum Gasteiger partial charge on any atom is -0.383 e. The number of ether oxygens (including phenoxy) is 1. The summed E-state index contributed by atoms with van der Waals surface area (Å²) in [7, 11) is 0. The maximum atomic E-state index is 9.10. The lowest BCUT2D eigenvalue weighted by molar-refractivity contribution is -0.0657. The van der Waals surface area contributed by atoms with Gasteiger partial charge in [0.2, 0.25) is 0 Å². The smallest absolute Gasteiger partial charge is 0.141 e. The van der Waals surface area contributed by atoms with Crippen molar-refractivity contribution in [3.8, 4) is 17.3 Å². The Morgan fingerprint density at radius 2 is 2.30 bits per heavy atom. The number of fused-ring (bicyclic) bond motifs is 2. The molecule has 1 saturated heterocycles. The summed E-state index contributed by atoms with van der Waals surface area (Å²) in [6.07, 6.45) is 2.60. The van der Waals surface area contributed by atoms with E-state index in [9.17, 15) is 0 Å².